The molecular formula is C19H20FNO5S. The van der Waals surface area contributed by atoms with Gasteiger partial charge in [0.15, 0.2) is 9.84 Å². The van der Waals surface area contributed by atoms with Crippen LogP contribution in [-0.4, -0.2) is 39.9 Å². The highest BCUT2D eigenvalue weighted by Crippen LogP contribution is 2.22. The Bertz CT molecular complexity index is 939. The fourth-order valence-electron chi connectivity index (χ4n) is 2.72. The van der Waals surface area contributed by atoms with Gasteiger partial charge in [-0.2, -0.15) is 0 Å². The lowest BCUT2D eigenvalue weighted by molar-refractivity contribution is 0.0679. The number of rotatable bonds is 6. The molecule has 8 heteroatoms. The standard InChI is InChI=1S/C19H20FNO5S/c1-27(23,24)16-7-8-17(20)18(11-16)21-19(22)13-4-2-5-14(10-13)26-12-15-6-3-9-25-15/h2,4-5,7-8,10-11,15H,3,6,9,12H2,1H3,(H,21,22)/t15-/m0/s1. The average Bonchev–Trinajstić information content (AvgIpc) is 3.14. The highest BCUT2D eigenvalue weighted by atomic mass is 32.2. The van der Waals surface area contributed by atoms with E-state index in [1.54, 1.807) is 24.3 Å². The fraction of sp³-hybridized carbons (Fsp3) is 0.316. The van der Waals surface area contributed by atoms with Crippen LogP contribution in [-0.2, 0) is 14.6 Å². The zero-order valence-corrected chi connectivity index (χ0v) is 15.6. The topological polar surface area (TPSA) is 81.7 Å². The van der Waals surface area contributed by atoms with E-state index in [1.807, 2.05) is 0 Å². The Morgan fingerprint density at radius 3 is 2.81 bits per heavy atom. The molecule has 0 saturated carbocycles. The Morgan fingerprint density at radius 1 is 1.30 bits per heavy atom. The Morgan fingerprint density at radius 2 is 2.11 bits per heavy atom. The van der Waals surface area contributed by atoms with Crippen LogP contribution < -0.4 is 10.1 Å². The number of hydrogen-bond acceptors (Lipinski definition) is 5. The Balaban J connectivity index is 1.71. The number of hydrogen-bond donors (Lipinski definition) is 1. The molecule has 1 saturated heterocycles. The minimum atomic E-state index is -3.51. The molecule has 1 atom stereocenters. The lowest BCUT2D eigenvalue weighted by atomic mass is 10.2. The average molecular weight is 393 g/mol. The van der Waals surface area contributed by atoms with E-state index >= 15 is 0 Å². The number of anilines is 1. The summed E-state index contributed by atoms with van der Waals surface area (Å²) in [7, 11) is -3.51. The Labute approximate surface area is 157 Å². The first-order valence-electron chi connectivity index (χ1n) is 8.48. The van der Waals surface area contributed by atoms with Gasteiger partial charge in [-0.1, -0.05) is 6.07 Å². The van der Waals surface area contributed by atoms with Gasteiger partial charge in [0.2, 0.25) is 0 Å². The van der Waals surface area contributed by atoms with Crippen molar-refractivity contribution in [1.29, 1.82) is 0 Å². The summed E-state index contributed by atoms with van der Waals surface area (Å²) in [4.78, 5) is 12.4. The number of nitrogens with one attached hydrogen (secondary N) is 1. The second-order valence-corrected chi connectivity index (χ2v) is 8.36. The molecule has 0 radical (unpaired) electrons. The van der Waals surface area contributed by atoms with Crippen molar-refractivity contribution in [2.75, 3.05) is 24.8 Å². The number of ether oxygens (including phenoxy) is 2. The zero-order chi connectivity index (χ0) is 19.4. The molecule has 27 heavy (non-hydrogen) atoms. The maximum atomic E-state index is 14.0. The predicted octanol–water partition coefficient (Wildman–Crippen LogP) is 3.04. The number of sulfone groups is 1. The molecule has 144 valence electrons. The van der Waals surface area contributed by atoms with Crippen LogP contribution >= 0.6 is 0 Å². The molecule has 2 aromatic rings. The summed E-state index contributed by atoms with van der Waals surface area (Å²) < 4.78 is 48.3. The third-order valence-electron chi connectivity index (χ3n) is 4.17. The van der Waals surface area contributed by atoms with E-state index in [0.29, 0.717) is 12.4 Å². The quantitative estimate of drug-likeness (QED) is 0.763. The van der Waals surface area contributed by atoms with Gasteiger partial charge >= 0.3 is 0 Å². The summed E-state index contributed by atoms with van der Waals surface area (Å²) in [6.07, 6.45) is 3.01. The summed E-state index contributed by atoms with van der Waals surface area (Å²) in [5.41, 5.74) is 0.0672. The number of benzene rings is 2. The number of amides is 1. The third-order valence-corrected chi connectivity index (χ3v) is 5.28. The van der Waals surface area contributed by atoms with Crippen molar-refractivity contribution in [1.82, 2.24) is 0 Å². The van der Waals surface area contributed by atoms with E-state index in [0.717, 1.165) is 43.9 Å². The molecule has 3 rings (SSSR count). The highest BCUT2D eigenvalue weighted by molar-refractivity contribution is 7.90. The minimum absolute atomic E-state index is 0.0512. The van der Waals surface area contributed by atoms with Gasteiger partial charge in [-0.3, -0.25) is 4.79 Å². The van der Waals surface area contributed by atoms with Crippen LogP contribution in [0.5, 0.6) is 5.75 Å². The molecule has 0 unspecified atom stereocenters. The van der Waals surface area contributed by atoms with E-state index in [-0.39, 0.29) is 22.3 Å². The first-order chi connectivity index (χ1) is 12.8. The van der Waals surface area contributed by atoms with Gasteiger partial charge in [0.1, 0.15) is 18.2 Å². The van der Waals surface area contributed by atoms with Gasteiger partial charge in [-0.25, -0.2) is 12.8 Å². The van der Waals surface area contributed by atoms with Crippen LogP contribution in [0.2, 0.25) is 0 Å². The van der Waals surface area contributed by atoms with Gasteiger partial charge in [0.05, 0.1) is 16.7 Å². The molecule has 1 aliphatic rings. The van der Waals surface area contributed by atoms with Crippen LogP contribution in [0.15, 0.2) is 47.4 Å². The molecule has 1 fully saturated rings. The molecule has 6 nitrogen and oxygen atoms in total. The summed E-state index contributed by atoms with van der Waals surface area (Å²) in [5.74, 6) is -0.785. The van der Waals surface area contributed by atoms with Crippen LogP contribution in [0, 0.1) is 5.82 Å². The maximum Gasteiger partial charge on any atom is 0.255 e. The van der Waals surface area contributed by atoms with Crippen LogP contribution in [0.1, 0.15) is 23.2 Å². The Hall–Kier alpha value is -2.45. The molecule has 2 aromatic carbocycles. The van der Waals surface area contributed by atoms with E-state index in [4.69, 9.17) is 9.47 Å². The van der Waals surface area contributed by atoms with E-state index in [1.165, 1.54) is 0 Å². The van der Waals surface area contributed by atoms with Crippen molar-refractivity contribution < 1.29 is 27.1 Å². The van der Waals surface area contributed by atoms with Crippen molar-refractivity contribution in [3.63, 3.8) is 0 Å². The SMILES string of the molecule is CS(=O)(=O)c1ccc(F)c(NC(=O)c2cccc(OC[C@@H]3CCCO3)c2)c1. The molecular weight excluding hydrogens is 373 g/mol. The van der Waals surface area contributed by atoms with Gasteiger partial charge in [-0.05, 0) is 49.2 Å². The molecule has 1 amide bonds. The van der Waals surface area contributed by atoms with Gasteiger partial charge in [0, 0.05) is 18.4 Å². The van der Waals surface area contributed by atoms with Gasteiger partial charge in [0.25, 0.3) is 5.91 Å². The van der Waals surface area contributed by atoms with Gasteiger partial charge < -0.3 is 14.8 Å². The molecule has 0 aromatic heterocycles. The first-order valence-corrected chi connectivity index (χ1v) is 10.4. The summed E-state index contributed by atoms with van der Waals surface area (Å²) >= 11 is 0. The molecule has 0 aliphatic carbocycles. The summed E-state index contributed by atoms with van der Waals surface area (Å²) in [6.45, 7) is 1.13. The second-order valence-electron chi connectivity index (χ2n) is 6.34. The number of carbonyl (C=O) groups is 1. The fourth-order valence-corrected chi connectivity index (χ4v) is 3.36. The third kappa shape index (κ3) is 5.05. The second kappa shape index (κ2) is 8.06. The molecule has 1 heterocycles. The smallest absolute Gasteiger partial charge is 0.255 e. The van der Waals surface area contributed by atoms with Crippen LogP contribution in [0.3, 0.4) is 0 Å². The highest BCUT2D eigenvalue weighted by Gasteiger charge is 2.17. The maximum absolute atomic E-state index is 14.0. The number of carbonyl (C=O) groups excluding carboxylic acids is 1. The Kier molecular flexibility index (Phi) is 5.76. The summed E-state index contributed by atoms with van der Waals surface area (Å²) in [6, 6.07) is 9.74. The lowest BCUT2D eigenvalue weighted by Gasteiger charge is -2.12. The van der Waals surface area contributed by atoms with Crippen molar-refractivity contribution in [2.24, 2.45) is 0 Å². The van der Waals surface area contributed by atoms with Crippen LogP contribution in [0.4, 0.5) is 10.1 Å². The molecule has 1 aliphatic heterocycles. The minimum Gasteiger partial charge on any atom is -0.491 e. The molecule has 0 bridgehead atoms. The van der Waals surface area contributed by atoms with Crippen molar-refractivity contribution in [2.45, 2.75) is 23.8 Å². The van der Waals surface area contributed by atoms with Crippen molar-refractivity contribution in [3.05, 3.63) is 53.8 Å². The molecule has 1 N–H and O–H groups in total. The normalized spacial score (nSPS) is 16.9. The number of halogens is 1. The van der Waals surface area contributed by atoms with E-state index in [9.17, 15) is 17.6 Å². The van der Waals surface area contributed by atoms with Gasteiger partial charge in [-0.15, -0.1) is 0 Å². The predicted molar refractivity (Wildman–Crippen MR) is 98.4 cm³/mol. The van der Waals surface area contributed by atoms with Crippen molar-refractivity contribution >= 4 is 21.4 Å². The zero-order valence-electron chi connectivity index (χ0n) is 14.8. The largest absolute Gasteiger partial charge is 0.491 e. The lowest BCUT2D eigenvalue weighted by Crippen LogP contribution is -2.17. The van der Waals surface area contributed by atoms with Crippen LogP contribution in [0.25, 0.3) is 0 Å². The van der Waals surface area contributed by atoms with E-state index < -0.39 is 21.6 Å². The van der Waals surface area contributed by atoms with E-state index in [2.05, 4.69) is 5.32 Å². The summed E-state index contributed by atoms with van der Waals surface area (Å²) in [5, 5.41) is 2.40. The monoisotopic (exact) mass is 393 g/mol. The first kappa shape index (κ1) is 19.3. The molecule has 0 spiro atoms. The van der Waals surface area contributed by atoms with Crippen molar-refractivity contribution in [3.8, 4) is 5.75 Å².